The fraction of sp³-hybridized carbons (Fsp3) is 0.609. The quantitative estimate of drug-likeness (QED) is 0.0228. The lowest BCUT2D eigenvalue weighted by Crippen LogP contribution is -2.36. The minimum absolute atomic E-state index is 0.0277. The molecule has 2 aliphatic carbocycles. The lowest BCUT2D eigenvalue weighted by atomic mass is 10.0. The number of carbonyl (C=O) groups excluding carboxylic acids is 3. The van der Waals surface area contributed by atoms with Crippen LogP contribution in [0.2, 0.25) is 0 Å². The van der Waals surface area contributed by atoms with Crippen LogP contribution in [-0.2, 0) is 22.4 Å². The Bertz CT molecular complexity index is 1890. The molecule has 0 spiro atoms. The number of H-pyrrole nitrogens is 1. The number of methoxy groups -OCH3 is 1. The van der Waals surface area contributed by atoms with E-state index in [-0.39, 0.29) is 36.0 Å². The van der Waals surface area contributed by atoms with Crippen molar-refractivity contribution < 1.29 is 23.9 Å². The van der Waals surface area contributed by atoms with E-state index in [9.17, 15) is 14.4 Å². The lowest BCUT2D eigenvalue weighted by Gasteiger charge is -2.16. The molecule has 2 saturated heterocycles. The van der Waals surface area contributed by atoms with Gasteiger partial charge in [0, 0.05) is 66.0 Å². The number of nitrogens with one attached hydrogen (secondary N) is 6. The van der Waals surface area contributed by atoms with Crippen LogP contribution in [0, 0.1) is 5.92 Å². The van der Waals surface area contributed by atoms with Crippen molar-refractivity contribution in [2.75, 3.05) is 49.4 Å². The molecule has 1 aromatic heterocycles. The zero-order valence-electron chi connectivity index (χ0n) is 36.5. The van der Waals surface area contributed by atoms with Crippen molar-refractivity contribution in [3.8, 4) is 22.8 Å². The van der Waals surface area contributed by atoms with E-state index in [1.54, 1.807) is 28.7 Å². The summed E-state index contributed by atoms with van der Waals surface area (Å²) in [5.74, 6) is 5.84. The van der Waals surface area contributed by atoms with Gasteiger partial charge in [-0.25, -0.2) is 4.79 Å². The summed E-state index contributed by atoms with van der Waals surface area (Å²) in [5, 5.41) is 24.0. The molecule has 6 N–H and O–H groups in total. The zero-order valence-corrected chi connectivity index (χ0v) is 38.9. The van der Waals surface area contributed by atoms with Crippen LogP contribution >= 0.6 is 33.3 Å². The molecule has 334 valence electrons. The molecular formula is C46H67N7O5S3. The van der Waals surface area contributed by atoms with E-state index in [0.29, 0.717) is 61.5 Å². The normalized spacial score (nSPS) is 19.2. The highest BCUT2D eigenvalue weighted by Gasteiger charge is 2.42. The lowest BCUT2D eigenvalue weighted by molar-refractivity contribution is -0.121. The van der Waals surface area contributed by atoms with Gasteiger partial charge in [-0.2, -0.15) is 16.9 Å². The van der Waals surface area contributed by atoms with Gasteiger partial charge in [-0.3, -0.25) is 14.7 Å². The number of ether oxygens (including phenoxy) is 2. The standard InChI is InChI=1S/C38H49N7O5S3.C8H18/c1-49-30-21-26-24(19-27-35(26)44-45-37(27)41-28-12-11-23-7-2-3-8-25(23)28)20-31(30)50-16-6-14-39-34(47)13-17-52-53-18-15-40-33(46)10-5-4-9-32-36-29(22-51-32)42-38(48)43-36;1-4-6-8(3)7-5-2/h2-3,7-8,20-21,28-29,32,36H,4-6,9-19,22H2,1H3,(H,39,47)(H,40,46)(H2,41,44,45)(H2,42,43,48);8H,4-7H2,1-3H3. The molecule has 4 amide bonds. The predicted octanol–water partition coefficient (Wildman–Crippen LogP) is 8.81. The van der Waals surface area contributed by atoms with Crippen molar-refractivity contribution in [1.29, 1.82) is 0 Å². The molecule has 4 unspecified atom stereocenters. The average Bonchev–Trinajstić information content (AvgIpc) is 4.08. The predicted molar refractivity (Wildman–Crippen MR) is 253 cm³/mol. The molecule has 2 aromatic carbocycles. The van der Waals surface area contributed by atoms with Crippen molar-refractivity contribution in [2.24, 2.45) is 5.92 Å². The first-order valence-corrected chi connectivity index (χ1v) is 26.0. The van der Waals surface area contributed by atoms with E-state index in [1.807, 2.05) is 17.8 Å². The number of urea groups is 1. The summed E-state index contributed by atoms with van der Waals surface area (Å²) in [6.07, 6.45) is 12.9. The number of amides is 4. The number of anilines is 1. The minimum atomic E-state index is -0.0570. The van der Waals surface area contributed by atoms with Crippen molar-refractivity contribution in [1.82, 2.24) is 31.5 Å². The topological polar surface area (TPSA) is 158 Å². The molecule has 0 radical (unpaired) electrons. The van der Waals surface area contributed by atoms with Gasteiger partial charge >= 0.3 is 6.03 Å². The highest BCUT2D eigenvalue weighted by Crippen LogP contribution is 2.45. The number of hydrogen-bond acceptors (Lipinski definition) is 10. The van der Waals surface area contributed by atoms with Gasteiger partial charge in [-0.1, -0.05) is 98.7 Å². The third kappa shape index (κ3) is 13.4. The Labute approximate surface area is 374 Å². The molecule has 12 nitrogen and oxygen atoms in total. The van der Waals surface area contributed by atoms with E-state index in [0.717, 1.165) is 73.0 Å². The molecule has 7 rings (SSSR count). The smallest absolute Gasteiger partial charge is 0.315 e. The second-order valence-corrected chi connectivity index (χ2v) is 20.5. The molecule has 3 aromatic rings. The van der Waals surface area contributed by atoms with Crippen molar-refractivity contribution >= 4 is 57.0 Å². The number of fused-ring (bicyclic) bond motifs is 5. The number of benzene rings is 2. The molecule has 15 heteroatoms. The number of unbranched alkanes of at least 4 members (excludes halogenated alkanes) is 1. The number of carbonyl (C=O) groups is 3. The maximum atomic E-state index is 12.4. The summed E-state index contributed by atoms with van der Waals surface area (Å²) in [6.45, 7) is 8.48. The SMILES string of the molecule is CCCC(C)CCC.COc1cc2c(cc1OCCCNC(=O)CCSSCCNC(=O)CCCCC1SCC3NC(=O)NC31)Cc1c(NC3CCc4ccccc43)n[nH]c1-2. The van der Waals surface area contributed by atoms with Gasteiger partial charge in [0.05, 0.1) is 37.5 Å². The Hall–Kier alpha value is -3.69. The van der Waals surface area contributed by atoms with E-state index < -0.39 is 0 Å². The van der Waals surface area contributed by atoms with E-state index in [4.69, 9.17) is 9.47 Å². The molecular weight excluding hydrogens is 827 g/mol. The Balaban J connectivity index is 0.000000708. The average molecular weight is 894 g/mol. The molecule has 3 heterocycles. The fourth-order valence-corrected chi connectivity index (χ4v) is 12.2. The highest BCUT2D eigenvalue weighted by molar-refractivity contribution is 8.76. The molecule has 61 heavy (non-hydrogen) atoms. The number of rotatable bonds is 24. The van der Waals surface area contributed by atoms with Crippen LogP contribution in [0.5, 0.6) is 11.5 Å². The van der Waals surface area contributed by atoms with Gasteiger partial charge in [-0.05, 0) is 66.8 Å². The summed E-state index contributed by atoms with van der Waals surface area (Å²) >= 11 is 1.91. The van der Waals surface area contributed by atoms with E-state index >= 15 is 0 Å². The molecule has 4 aliphatic rings. The van der Waals surface area contributed by atoms with Gasteiger partial charge in [0.25, 0.3) is 0 Å². The second kappa shape index (κ2) is 24.2. The zero-order chi connectivity index (χ0) is 43.0. The Kier molecular flexibility index (Phi) is 18.6. The van der Waals surface area contributed by atoms with Gasteiger partial charge in [0.1, 0.15) is 0 Å². The van der Waals surface area contributed by atoms with E-state index in [2.05, 4.69) is 87.9 Å². The third-order valence-electron chi connectivity index (χ3n) is 11.9. The van der Waals surface area contributed by atoms with Crippen molar-refractivity contribution in [3.05, 3.63) is 58.7 Å². The number of thioether (sulfide) groups is 1. The first-order chi connectivity index (χ1) is 29.8. The van der Waals surface area contributed by atoms with Gasteiger partial charge in [0.15, 0.2) is 17.3 Å². The largest absolute Gasteiger partial charge is 0.493 e. The number of aryl methyl sites for hydroxylation is 1. The van der Waals surface area contributed by atoms with Crippen LogP contribution in [0.25, 0.3) is 11.3 Å². The van der Waals surface area contributed by atoms with Crippen molar-refractivity contribution in [2.45, 2.75) is 128 Å². The molecule has 2 fully saturated rings. The number of hydrogen-bond donors (Lipinski definition) is 6. The van der Waals surface area contributed by atoms with Crippen LogP contribution in [0.3, 0.4) is 0 Å². The van der Waals surface area contributed by atoms with Crippen LogP contribution in [-0.4, -0.2) is 89.4 Å². The van der Waals surface area contributed by atoms with Gasteiger partial charge in [-0.15, -0.1) is 0 Å². The van der Waals surface area contributed by atoms with Crippen LogP contribution in [0.4, 0.5) is 10.6 Å². The van der Waals surface area contributed by atoms with Gasteiger partial charge in [0.2, 0.25) is 11.8 Å². The maximum Gasteiger partial charge on any atom is 0.315 e. The highest BCUT2D eigenvalue weighted by atomic mass is 33.1. The fourth-order valence-electron chi connectivity index (χ4n) is 8.74. The van der Waals surface area contributed by atoms with Crippen molar-refractivity contribution in [3.63, 3.8) is 0 Å². The number of aromatic amines is 1. The Morgan fingerprint density at radius 3 is 2.56 bits per heavy atom. The minimum Gasteiger partial charge on any atom is -0.493 e. The maximum absolute atomic E-state index is 12.4. The summed E-state index contributed by atoms with van der Waals surface area (Å²) in [5.41, 5.74) is 7.23. The molecule has 2 aliphatic heterocycles. The Morgan fingerprint density at radius 1 is 0.951 bits per heavy atom. The molecule has 0 bridgehead atoms. The molecule has 4 atom stereocenters. The first-order valence-electron chi connectivity index (χ1n) is 22.5. The van der Waals surface area contributed by atoms with E-state index in [1.165, 1.54) is 47.9 Å². The summed E-state index contributed by atoms with van der Waals surface area (Å²) in [4.78, 5) is 36.1. The first kappa shape index (κ1) is 46.8. The number of aromatic nitrogens is 2. The molecule has 0 saturated carbocycles. The summed E-state index contributed by atoms with van der Waals surface area (Å²) < 4.78 is 11.8. The van der Waals surface area contributed by atoms with Gasteiger partial charge < -0.3 is 36.1 Å². The Morgan fingerprint density at radius 2 is 1.74 bits per heavy atom. The monoisotopic (exact) mass is 893 g/mol. The van der Waals surface area contributed by atoms with Crippen LogP contribution in [0.1, 0.15) is 120 Å². The summed E-state index contributed by atoms with van der Waals surface area (Å²) in [6, 6.07) is 13.4. The summed E-state index contributed by atoms with van der Waals surface area (Å²) in [7, 11) is 4.98. The second-order valence-electron chi connectivity index (χ2n) is 16.5. The third-order valence-corrected chi connectivity index (χ3v) is 15.8. The van der Waals surface area contributed by atoms with Crippen LogP contribution in [0.15, 0.2) is 36.4 Å². The number of nitrogens with zero attached hydrogens (tertiary/aromatic N) is 1. The van der Waals surface area contributed by atoms with Crippen LogP contribution < -0.4 is 36.1 Å².